The largest absolute Gasteiger partial charge is 0.293 e. The predicted molar refractivity (Wildman–Crippen MR) is 183 cm³/mol. The summed E-state index contributed by atoms with van der Waals surface area (Å²) in [5.41, 5.74) is 9.20. The maximum absolute atomic E-state index is 5.52. The van der Waals surface area contributed by atoms with Crippen molar-refractivity contribution in [2.24, 2.45) is 0 Å². The monoisotopic (exact) mass is 577 g/mol. The second kappa shape index (κ2) is 7.79. The summed E-state index contributed by atoms with van der Waals surface area (Å²) >= 11 is 1.84. The van der Waals surface area contributed by atoms with E-state index in [1.807, 2.05) is 11.3 Å². The molecule has 1 aliphatic heterocycles. The van der Waals surface area contributed by atoms with Crippen LogP contribution < -0.4 is 0 Å². The number of aromatic nitrogens is 3. The zero-order chi connectivity index (χ0) is 28.7. The Balaban J connectivity index is 1.31. The van der Waals surface area contributed by atoms with Crippen LogP contribution in [0.25, 0.3) is 81.2 Å². The van der Waals surface area contributed by atoms with E-state index in [1.54, 1.807) is 0 Å². The van der Waals surface area contributed by atoms with E-state index in [0.717, 1.165) is 22.9 Å². The van der Waals surface area contributed by atoms with Crippen LogP contribution in [0.3, 0.4) is 0 Å². The second-order valence-electron chi connectivity index (χ2n) is 12.3. The number of hydrogen-bond donors (Lipinski definition) is 0. The van der Waals surface area contributed by atoms with Gasteiger partial charge in [0.15, 0.2) is 5.82 Å². The van der Waals surface area contributed by atoms with Crippen molar-refractivity contribution in [3.05, 3.63) is 138 Å². The van der Waals surface area contributed by atoms with Crippen LogP contribution in [0.1, 0.15) is 23.6 Å². The van der Waals surface area contributed by atoms with Gasteiger partial charge < -0.3 is 0 Å². The maximum atomic E-state index is 5.52. The molecular formula is C40H23N3S. The molecule has 3 aromatic heterocycles. The summed E-state index contributed by atoms with van der Waals surface area (Å²) in [4.78, 5) is 10.9. The van der Waals surface area contributed by atoms with Gasteiger partial charge in [-0.2, -0.15) is 0 Å². The van der Waals surface area contributed by atoms with Gasteiger partial charge in [0, 0.05) is 47.6 Å². The number of para-hydroxylation sites is 1. The molecule has 9 aromatic rings. The fourth-order valence-corrected chi connectivity index (χ4v) is 9.26. The number of nitrogens with zero attached hydrogens (tertiary/aromatic N) is 3. The number of rotatable bonds is 1. The third-order valence-electron chi connectivity index (χ3n) is 10.2. The van der Waals surface area contributed by atoms with E-state index in [-0.39, 0.29) is 5.41 Å². The highest BCUT2D eigenvalue weighted by molar-refractivity contribution is 7.25. The van der Waals surface area contributed by atoms with Crippen molar-refractivity contribution in [2.45, 2.75) is 12.3 Å². The quantitative estimate of drug-likeness (QED) is 0.194. The molecule has 2 aliphatic rings. The van der Waals surface area contributed by atoms with E-state index in [1.165, 1.54) is 75.0 Å². The van der Waals surface area contributed by atoms with E-state index in [9.17, 15) is 0 Å². The Morgan fingerprint density at radius 1 is 0.614 bits per heavy atom. The highest BCUT2D eigenvalue weighted by Gasteiger charge is 2.49. The minimum atomic E-state index is -0.351. The number of hydrogen-bond acceptors (Lipinski definition) is 3. The van der Waals surface area contributed by atoms with Crippen molar-refractivity contribution < 1.29 is 0 Å². The lowest BCUT2D eigenvalue weighted by molar-refractivity contribution is 0.689. The Bertz CT molecular complexity index is 2750. The summed E-state index contributed by atoms with van der Waals surface area (Å²) in [6.45, 7) is 2.38. The van der Waals surface area contributed by atoms with Gasteiger partial charge in [-0.05, 0) is 65.2 Å². The Morgan fingerprint density at radius 3 is 2.30 bits per heavy atom. The first-order chi connectivity index (χ1) is 21.7. The summed E-state index contributed by atoms with van der Waals surface area (Å²) in [5.74, 6) is 1.76. The van der Waals surface area contributed by atoms with Crippen LogP contribution in [0.5, 0.6) is 0 Å². The first-order valence-corrected chi connectivity index (χ1v) is 15.9. The number of fused-ring (bicyclic) bond motifs is 12. The van der Waals surface area contributed by atoms with Crippen molar-refractivity contribution in [1.82, 2.24) is 14.5 Å². The van der Waals surface area contributed by atoms with Gasteiger partial charge in [0.2, 0.25) is 0 Å². The molecule has 0 N–H and O–H groups in total. The lowest BCUT2D eigenvalue weighted by Gasteiger charge is -2.34. The van der Waals surface area contributed by atoms with Gasteiger partial charge in [-0.25, -0.2) is 9.97 Å². The van der Waals surface area contributed by atoms with Crippen molar-refractivity contribution >= 4 is 64.1 Å². The molecule has 0 amide bonds. The van der Waals surface area contributed by atoms with Crippen LogP contribution in [0.15, 0.2) is 121 Å². The topological polar surface area (TPSA) is 30.7 Å². The molecule has 0 radical (unpaired) electrons. The first kappa shape index (κ1) is 23.2. The van der Waals surface area contributed by atoms with Gasteiger partial charge >= 0.3 is 0 Å². The summed E-state index contributed by atoms with van der Waals surface area (Å²) in [6, 6.07) is 44.4. The minimum Gasteiger partial charge on any atom is -0.293 e. The van der Waals surface area contributed by atoms with E-state index in [4.69, 9.17) is 9.97 Å². The molecule has 6 aromatic carbocycles. The molecule has 1 aliphatic carbocycles. The van der Waals surface area contributed by atoms with Crippen LogP contribution in [0.4, 0.5) is 0 Å². The number of benzene rings is 6. The molecule has 3 nitrogen and oxygen atoms in total. The van der Waals surface area contributed by atoms with Gasteiger partial charge in [-0.15, -0.1) is 11.3 Å². The van der Waals surface area contributed by atoms with Gasteiger partial charge in [0.25, 0.3) is 0 Å². The summed E-state index contributed by atoms with van der Waals surface area (Å²) in [7, 11) is 0. The van der Waals surface area contributed by atoms with Gasteiger partial charge in [0.1, 0.15) is 5.82 Å². The highest BCUT2D eigenvalue weighted by atomic mass is 32.1. The highest BCUT2D eigenvalue weighted by Crippen LogP contribution is 2.58. The molecule has 4 heteroatoms. The lowest BCUT2D eigenvalue weighted by atomic mass is 9.72. The predicted octanol–water partition coefficient (Wildman–Crippen LogP) is 10.4. The standard InChI is InChI=1S/C40H23N3S/c1-40-30-14-6-4-12-27(30)36-35(40)39(42-38(41-36)24-17-18-34-29(20-24)25-11-5-7-16-33(25)44-34)43-32-21-23-10-3-2-9-22(23)19-28(32)26-13-8-15-31(40)37(26)43/h2-21H,1H3. The molecular weight excluding hydrogens is 555 g/mol. The molecule has 0 saturated heterocycles. The fraction of sp³-hybridized carbons (Fsp3) is 0.0500. The van der Waals surface area contributed by atoms with Crippen LogP contribution in [-0.4, -0.2) is 14.5 Å². The molecule has 1 atom stereocenters. The average molecular weight is 578 g/mol. The van der Waals surface area contributed by atoms with Gasteiger partial charge in [-0.3, -0.25) is 4.57 Å². The van der Waals surface area contributed by atoms with Gasteiger partial charge in [0.05, 0.1) is 22.1 Å². The third-order valence-corrected chi connectivity index (χ3v) is 11.3. The average Bonchev–Trinajstić information content (AvgIpc) is 3.69. The molecule has 204 valence electrons. The molecule has 0 fully saturated rings. The van der Waals surface area contributed by atoms with E-state index in [2.05, 4.69) is 133 Å². The van der Waals surface area contributed by atoms with Crippen molar-refractivity contribution in [3.8, 4) is 28.5 Å². The summed E-state index contributed by atoms with van der Waals surface area (Å²) in [6.07, 6.45) is 0. The smallest absolute Gasteiger partial charge is 0.162 e. The molecule has 4 heterocycles. The molecule has 44 heavy (non-hydrogen) atoms. The Labute approximate surface area is 256 Å². The van der Waals surface area contributed by atoms with Crippen molar-refractivity contribution in [2.75, 3.05) is 0 Å². The summed E-state index contributed by atoms with van der Waals surface area (Å²) < 4.78 is 5.02. The maximum Gasteiger partial charge on any atom is 0.162 e. The van der Waals surface area contributed by atoms with Crippen LogP contribution in [0.2, 0.25) is 0 Å². The zero-order valence-corrected chi connectivity index (χ0v) is 24.6. The van der Waals surface area contributed by atoms with Crippen molar-refractivity contribution in [3.63, 3.8) is 0 Å². The van der Waals surface area contributed by atoms with Crippen molar-refractivity contribution in [1.29, 1.82) is 0 Å². The van der Waals surface area contributed by atoms with Crippen LogP contribution in [-0.2, 0) is 5.41 Å². The Kier molecular flexibility index (Phi) is 4.10. The number of thiophene rings is 1. The SMILES string of the molecule is CC12c3ccccc3-c3nc(-c4ccc5sc6ccccc6c5c4)nc(c31)-n1c3cc4ccccc4cc3c3cccc2c31. The molecule has 0 spiro atoms. The van der Waals surface area contributed by atoms with E-state index < -0.39 is 0 Å². The summed E-state index contributed by atoms with van der Waals surface area (Å²) in [5, 5.41) is 7.57. The van der Waals surface area contributed by atoms with Crippen LogP contribution >= 0.6 is 11.3 Å². The van der Waals surface area contributed by atoms with Crippen LogP contribution in [0, 0.1) is 0 Å². The third kappa shape index (κ3) is 2.65. The lowest BCUT2D eigenvalue weighted by Crippen LogP contribution is -2.29. The molecule has 11 rings (SSSR count). The van der Waals surface area contributed by atoms with Gasteiger partial charge in [-0.1, -0.05) is 84.9 Å². The minimum absolute atomic E-state index is 0.351. The zero-order valence-electron chi connectivity index (χ0n) is 23.8. The van der Waals surface area contributed by atoms with E-state index >= 15 is 0 Å². The fourth-order valence-electron chi connectivity index (χ4n) is 8.18. The normalized spacial score (nSPS) is 16.4. The first-order valence-electron chi connectivity index (χ1n) is 15.1. The molecule has 0 bridgehead atoms. The molecule has 1 unspecified atom stereocenters. The second-order valence-corrected chi connectivity index (χ2v) is 13.4. The molecule has 0 saturated carbocycles. The Morgan fingerprint density at radius 2 is 1.36 bits per heavy atom. The van der Waals surface area contributed by atoms with E-state index in [0.29, 0.717) is 0 Å². The Hall–Kier alpha value is -5.32.